The molecule has 5 nitrogen and oxygen atoms in total. The lowest BCUT2D eigenvalue weighted by molar-refractivity contribution is -0.141. The number of carbonyl (C=O) groups excluding carboxylic acids is 1. The molecule has 2 N–H and O–H groups in total. The minimum Gasteiger partial charge on any atom is -0.481 e. The van der Waals surface area contributed by atoms with Crippen LogP contribution in [0.1, 0.15) is 6.92 Å². The first-order valence-corrected chi connectivity index (χ1v) is 4.18. The van der Waals surface area contributed by atoms with Crippen molar-refractivity contribution in [1.82, 2.24) is 5.32 Å². The van der Waals surface area contributed by atoms with Crippen LogP contribution in [0.4, 0.5) is 0 Å². The van der Waals surface area contributed by atoms with E-state index in [1.807, 2.05) is 0 Å². The van der Waals surface area contributed by atoms with Gasteiger partial charge in [0.25, 0.3) is 5.97 Å². The van der Waals surface area contributed by atoms with Gasteiger partial charge in [-0.15, -0.1) is 0 Å². The number of ether oxygens (including phenoxy) is 1. The molecule has 2 aliphatic heterocycles. The van der Waals surface area contributed by atoms with E-state index in [-0.39, 0.29) is 11.9 Å². The van der Waals surface area contributed by atoms with Gasteiger partial charge in [-0.2, -0.15) is 0 Å². The van der Waals surface area contributed by atoms with Gasteiger partial charge >= 0.3 is 5.97 Å². The molecule has 0 bridgehead atoms. The molecule has 5 heteroatoms. The molecular formula is C8H13NO4. The van der Waals surface area contributed by atoms with Crippen molar-refractivity contribution >= 4 is 11.9 Å². The number of hydrogen-bond acceptors (Lipinski definition) is 4. The number of nitrogens with one attached hydrogen (secondary N) is 1. The van der Waals surface area contributed by atoms with E-state index in [9.17, 15) is 4.79 Å². The highest BCUT2D eigenvalue weighted by Crippen LogP contribution is 2.24. The molecule has 0 saturated carbocycles. The van der Waals surface area contributed by atoms with Crippen LogP contribution in [0.25, 0.3) is 0 Å². The maximum atomic E-state index is 10.8. The molecule has 0 spiro atoms. The maximum Gasteiger partial charge on any atom is 0.310 e. The number of rotatable bonds is 0. The molecule has 2 atom stereocenters. The lowest BCUT2D eigenvalue weighted by Gasteiger charge is -1.96. The van der Waals surface area contributed by atoms with Crippen LogP contribution in [-0.2, 0) is 14.3 Å². The Morgan fingerprint density at radius 2 is 2.23 bits per heavy atom. The van der Waals surface area contributed by atoms with E-state index in [4.69, 9.17) is 14.6 Å². The summed E-state index contributed by atoms with van der Waals surface area (Å²) in [4.78, 5) is 19.8. The van der Waals surface area contributed by atoms with Crippen LogP contribution in [-0.4, -0.2) is 36.7 Å². The Bertz CT molecular complexity index is 212. The van der Waals surface area contributed by atoms with E-state index in [1.165, 1.54) is 0 Å². The van der Waals surface area contributed by atoms with Gasteiger partial charge < -0.3 is 15.2 Å². The fourth-order valence-electron chi connectivity index (χ4n) is 1.48. The summed E-state index contributed by atoms with van der Waals surface area (Å²) >= 11 is 0. The molecule has 0 aromatic rings. The molecule has 2 saturated heterocycles. The van der Waals surface area contributed by atoms with E-state index in [1.54, 1.807) is 0 Å². The monoisotopic (exact) mass is 187 g/mol. The van der Waals surface area contributed by atoms with E-state index in [2.05, 4.69) is 5.32 Å². The summed E-state index contributed by atoms with van der Waals surface area (Å²) in [6.45, 7) is 3.50. The Balaban J connectivity index is 0.000000184. The van der Waals surface area contributed by atoms with Gasteiger partial charge in [-0.05, 0) is 0 Å². The Hall–Kier alpha value is -1.10. The Kier molecular flexibility index (Phi) is 3.25. The van der Waals surface area contributed by atoms with Crippen molar-refractivity contribution in [2.75, 3.05) is 19.7 Å². The normalized spacial score (nSPS) is 30.1. The molecule has 2 fully saturated rings. The van der Waals surface area contributed by atoms with Crippen LogP contribution in [0.3, 0.4) is 0 Å². The molecule has 0 aromatic carbocycles. The van der Waals surface area contributed by atoms with Gasteiger partial charge in [0.15, 0.2) is 0 Å². The lowest BCUT2D eigenvalue weighted by Crippen LogP contribution is -2.15. The molecule has 0 aromatic heterocycles. The molecule has 2 unspecified atom stereocenters. The summed E-state index contributed by atoms with van der Waals surface area (Å²) < 4.78 is 4.84. The number of aliphatic carboxylic acids is 1. The van der Waals surface area contributed by atoms with Crippen molar-refractivity contribution in [3.63, 3.8) is 0 Å². The van der Waals surface area contributed by atoms with E-state index < -0.39 is 5.97 Å². The Morgan fingerprint density at radius 3 is 2.77 bits per heavy atom. The van der Waals surface area contributed by atoms with Crippen LogP contribution < -0.4 is 5.32 Å². The third kappa shape index (κ3) is 2.69. The topological polar surface area (TPSA) is 75.6 Å². The van der Waals surface area contributed by atoms with Crippen LogP contribution >= 0.6 is 0 Å². The second kappa shape index (κ2) is 4.23. The highest BCUT2D eigenvalue weighted by molar-refractivity contribution is 5.75. The van der Waals surface area contributed by atoms with Gasteiger partial charge in [0.1, 0.15) is 0 Å². The molecule has 2 rings (SSSR count). The van der Waals surface area contributed by atoms with E-state index in [0.29, 0.717) is 12.5 Å². The number of cyclic esters (lactones) is 1. The first kappa shape index (κ1) is 9.98. The summed E-state index contributed by atoms with van der Waals surface area (Å²) in [7, 11) is 0. The van der Waals surface area contributed by atoms with E-state index >= 15 is 0 Å². The van der Waals surface area contributed by atoms with Crippen molar-refractivity contribution in [3.8, 4) is 0 Å². The summed E-state index contributed by atoms with van der Waals surface area (Å²) in [5.41, 5.74) is 0. The standard InChI is InChI=1S/C6H9NO2.C2H4O2/c8-6-5-2-7-1-4(5)3-9-6;1-2(3)4/h4-5,7H,1-3H2;1H3,(H,3,4). The Morgan fingerprint density at radius 1 is 1.62 bits per heavy atom. The molecular weight excluding hydrogens is 174 g/mol. The fourth-order valence-corrected chi connectivity index (χ4v) is 1.48. The van der Waals surface area contributed by atoms with Crippen LogP contribution in [0, 0.1) is 11.8 Å². The first-order chi connectivity index (χ1) is 6.11. The van der Waals surface area contributed by atoms with Gasteiger partial charge in [0.2, 0.25) is 0 Å². The quantitative estimate of drug-likeness (QED) is 0.498. The summed E-state index contributed by atoms with van der Waals surface area (Å²) in [5.74, 6) is -0.201. The maximum absolute atomic E-state index is 10.8. The average molecular weight is 187 g/mol. The van der Waals surface area contributed by atoms with Gasteiger partial charge in [0, 0.05) is 25.9 Å². The van der Waals surface area contributed by atoms with Crippen LogP contribution in [0.5, 0.6) is 0 Å². The zero-order valence-electron chi connectivity index (χ0n) is 7.45. The van der Waals surface area contributed by atoms with Gasteiger partial charge in [-0.3, -0.25) is 9.59 Å². The molecule has 13 heavy (non-hydrogen) atoms. The highest BCUT2D eigenvalue weighted by Gasteiger charge is 2.39. The molecule has 0 radical (unpaired) electrons. The number of fused-ring (bicyclic) bond motifs is 1. The number of carboxylic acids is 1. The Labute approximate surface area is 76.1 Å². The van der Waals surface area contributed by atoms with Crippen LogP contribution in [0.2, 0.25) is 0 Å². The third-order valence-electron chi connectivity index (χ3n) is 2.08. The van der Waals surface area contributed by atoms with Gasteiger partial charge in [-0.25, -0.2) is 0 Å². The zero-order chi connectivity index (χ0) is 9.84. The summed E-state index contributed by atoms with van der Waals surface area (Å²) in [6.07, 6.45) is 0. The van der Waals surface area contributed by atoms with Crippen molar-refractivity contribution in [2.24, 2.45) is 11.8 Å². The predicted octanol–water partition coefficient (Wildman–Crippen LogP) is -0.530. The minimum absolute atomic E-state index is 0.00926. The zero-order valence-corrected chi connectivity index (χ0v) is 7.45. The van der Waals surface area contributed by atoms with E-state index in [0.717, 1.165) is 20.0 Å². The second-order valence-corrected chi connectivity index (χ2v) is 3.17. The third-order valence-corrected chi connectivity index (χ3v) is 2.08. The average Bonchev–Trinajstić information content (AvgIpc) is 2.54. The van der Waals surface area contributed by atoms with Crippen molar-refractivity contribution in [3.05, 3.63) is 0 Å². The highest BCUT2D eigenvalue weighted by atomic mass is 16.5. The lowest BCUT2D eigenvalue weighted by atomic mass is 10.0. The molecule has 2 aliphatic rings. The SMILES string of the molecule is CC(=O)O.O=C1OCC2CNCC12. The smallest absolute Gasteiger partial charge is 0.310 e. The van der Waals surface area contributed by atoms with Crippen molar-refractivity contribution < 1.29 is 19.4 Å². The van der Waals surface area contributed by atoms with Crippen LogP contribution in [0.15, 0.2) is 0 Å². The number of esters is 1. The number of carbonyl (C=O) groups is 2. The van der Waals surface area contributed by atoms with Gasteiger partial charge in [0.05, 0.1) is 12.5 Å². The van der Waals surface area contributed by atoms with Crippen molar-refractivity contribution in [2.45, 2.75) is 6.92 Å². The second-order valence-electron chi connectivity index (χ2n) is 3.17. The number of carboxylic acid groups (broad SMARTS) is 1. The molecule has 0 aliphatic carbocycles. The first-order valence-electron chi connectivity index (χ1n) is 4.18. The minimum atomic E-state index is -0.833. The van der Waals surface area contributed by atoms with Gasteiger partial charge in [-0.1, -0.05) is 0 Å². The molecule has 0 amide bonds. The van der Waals surface area contributed by atoms with Crippen molar-refractivity contribution in [1.29, 1.82) is 0 Å². The summed E-state index contributed by atoms with van der Waals surface area (Å²) in [6, 6.07) is 0. The molecule has 2 heterocycles. The predicted molar refractivity (Wildman–Crippen MR) is 44.1 cm³/mol. The number of hydrogen-bond donors (Lipinski definition) is 2. The largest absolute Gasteiger partial charge is 0.481 e. The fraction of sp³-hybridized carbons (Fsp3) is 0.750. The summed E-state index contributed by atoms with van der Waals surface area (Å²) in [5, 5.41) is 10.6. The molecule has 74 valence electrons.